The van der Waals surface area contributed by atoms with Crippen LogP contribution in [-0.2, 0) is 17.6 Å². The molecule has 0 spiro atoms. The summed E-state index contributed by atoms with van der Waals surface area (Å²) in [4.78, 5) is 17.5. The molecule has 1 aromatic heterocycles. The number of piperazine rings is 1. The molecule has 2 aromatic rings. The molecule has 0 atom stereocenters. The fourth-order valence-electron chi connectivity index (χ4n) is 3.59. The number of carbonyl (C=O) groups excluding carboxylic acids is 1. The molecule has 1 aromatic carbocycles. The molecule has 7 heteroatoms. The maximum Gasteiger partial charge on any atom is 0.233 e. The summed E-state index contributed by atoms with van der Waals surface area (Å²) in [5, 5.41) is 8.82. The van der Waals surface area contributed by atoms with Crippen molar-refractivity contribution in [2.75, 3.05) is 36.8 Å². The van der Waals surface area contributed by atoms with Crippen molar-refractivity contribution in [1.82, 2.24) is 15.1 Å². The van der Waals surface area contributed by atoms with Crippen molar-refractivity contribution in [3.05, 3.63) is 47.4 Å². The number of fused-ring (bicyclic) bond motifs is 1. The number of nitrogens with zero attached hydrogens (tertiary/aromatic N) is 4. The minimum absolute atomic E-state index is 0.125. The van der Waals surface area contributed by atoms with Crippen LogP contribution in [0.1, 0.15) is 24.1 Å². The maximum atomic E-state index is 12.9. The molecule has 4 rings (SSSR count). The first-order chi connectivity index (χ1) is 13.2. The molecular weight excluding hydrogens is 363 g/mol. The summed E-state index contributed by atoms with van der Waals surface area (Å²) in [7, 11) is 0. The number of rotatable bonds is 4. The summed E-state index contributed by atoms with van der Waals surface area (Å²) in [6.07, 6.45) is 4.57. The van der Waals surface area contributed by atoms with Gasteiger partial charge in [-0.05, 0) is 61.6 Å². The first-order valence-electron chi connectivity index (χ1n) is 9.45. The quantitative estimate of drug-likeness (QED) is 0.756. The van der Waals surface area contributed by atoms with E-state index in [1.165, 1.54) is 42.3 Å². The fourth-order valence-corrected chi connectivity index (χ4v) is 4.39. The van der Waals surface area contributed by atoms with Gasteiger partial charge in [-0.1, -0.05) is 0 Å². The van der Waals surface area contributed by atoms with Crippen LogP contribution < -0.4 is 4.90 Å². The number of carbonyl (C=O) groups is 1. The molecule has 0 bridgehead atoms. The standard InChI is InChI=1S/C20H23FN4OS/c21-16-5-7-17(8-6-16)27-14-20(26)25-11-9-24(10-12-25)19-13-15-3-1-2-4-18(15)22-23-19/h5-8,13H,1-4,9-12,14H2. The Bertz CT molecular complexity index is 806. The highest BCUT2D eigenvalue weighted by molar-refractivity contribution is 8.00. The van der Waals surface area contributed by atoms with Gasteiger partial charge in [0, 0.05) is 31.1 Å². The van der Waals surface area contributed by atoms with E-state index in [0.29, 0.717) is 18.8 Å². The molecule has 0 N–H and O–H groups in total. The predicted molar refractivity (Wildman–Crippen MR) is 105 cm³/mol. The zero-order chi connectivity index (χ0) is 18.6. The number of benzene rings is 1. The highest BCUT2D eigenvalue weighted by Gasteiger charge is 2.23. The third-order valence-electron chi connectivity index (χ3n) is 5.19. The number of hydrogen-bond donors (Lipinski definition) is 0. The molecule has 0 saturated carbocycles. The van der Waals surface area contributed by atoms with E-state index in [1.807, 2.05) is 4.90 Å². The van der Waals surface area contributed by atoms with Gasteiger partial charge in [-0.2, -0.15) is 5.10 Å². The van der Waals surface area contributed by atoms with E-state index in [9.17, 15) is 9.18 Å². The van der Waals surface area contributed by atoms with E-state index in [-0.39, 0.29) is 11.7 Å². The molecule has 0 radical (unpaired) electrons. The summed E-state index contributed by atoms with van der Waals surface area (Å²) < 4.78 is 12.9. The van der Waals surface area contributed by atoms with Gasteiger partial charge >= 0.3 is 0 Å². The van der Waals surface area contributed by atoms with Crippen molar-refractivity contribution >= 4 is 23.5 Å². The van der Waals surface area contributed by atoms with Crippen LogP contribution in [0.2, 0.25) is 0 Å². The lowest BCUT2D eigenvalue weighted by Gasteiger charge is -2.35. The number of aryl methyl sites for hydroxylation is 2. The first-order valence-corrected chi connectivity index (χ1v) is 10.4. The van der Waals surface area contributed by atoms with Crippen LogP contribution in [0, 0.1) is 5.82 Å². The average molecular weight is 386 g/mol. The highest BCUT2D eigenvalue weighted by atomic mass is 32.2. The van der Waals surface area contributed by atoms with E-state index < -0.39 is 0 Å². The van der Waals surface area contributed by atoms with Gasteiger partial charge in [-0.3, -0.25) is 4.79 Å². The molecule has 1 aliphatic heterocycles. The lowest BCUT2D eigenvalue weighted by atomic mass is 9.97. The molecule has 27 heavy (non-hydrogen) atoms. The van der Waals surface area contributed by atoms with Crippen LogP contribution in [0.3, 0.4) is 0 Å². The lowest BCUT2D eigenvalue weighted by molar-refractivity contribution is -0.128. The van der Waals surface area contributed by atoms with Crippen LogP contribution in [0.25, 0.3) is 0 Å². The largest absolute Gasteiger partial charge is 0.352 e. The SMILES string of the molecule is O=C(CSc1ccc(F)cc1)N1CCN(c2cc3c(nn2)CCCC3)CC1. The van der Waals surface area contributed by atoms with Crippen LogP contribution in [0.4, 0.5) is 10.2 Å². The zero-order valence-electron chi connectivity index (χ0n) is 15.2. The van der Waals surface area contributed by atoms with Crippen molar-refractivity contribution in [1.29, 1.82) is 0 Å². The van der Waals surface area contributed by atoms with E-state index in [1.54, 1.807) is 12.1 Å². The van der Waals surface area contributed by atoms with Gasteiger partial charge in [0.15, 0.2) is 5.82 Å². The molecule has 1 saturated heterocycles. The Labute approximate surface area is 163 Å². The fraction of sp³-hybridized carbons (Fsp3) is 0.450. The number of amides is 1. The summed E-state index contributed by atoms with van der Waals surface area (Å²) in [5.41, 5.74) is 2.48. The van der Waals surface area contributed by atoms with Gasteiger partial charge in [-0.25, -0.2) is 4.39 Å². The Morgan fingerprint density at radius 3 is 2.56 bits per heavy atom. The molecule has 142 valence electrons. The van der Waals surface area contributed by atoms with Gasteiger partial charge in [0.25, 0.3) is 0 Å². The Hall–Kier alpha value is -2.15. The monoisotopic (exact) mass is 386 g/mol. The Morgan fingerprint density at radius 2 is 1.78 bits per heavy atom. The third kappa shape index (κ3) is 4.40. The second-order valence-corrected chi connectivity index (χ2v) is 8.04. The molecule has 0 unspecified atom stereocenters. The first kappa shape index (κ1) is 18.2. The van der Waals surface area contributed by atoms with E-state index >= 15 is 0 Å². The third-order valence-corrected chi connectivity index (χ3v) is 6.19. The second kappa shape index (κ2) is 8.25. The normalized spacial score (nSPS) is 16.9. The summed E-state index contributed by atoms with van der Waals surface area (Å²) in [5.74, 6) is 1.18. The smallest absolute Gasteiger partial charge is 0.233 e. The Balaban J connectivity index is 1.29. The van der Waals surface area contributed by atoms with Gasteiger partial charge < -0.3 is 9.80 Å². The Kier molecular flexibility index (Phi) is 5.57. The Morgan fingerprint density at radius 1 is 1.04 bits per heavy atom. The topological polar surface area (TPSA) is 49.3 Å². The minimum atomic E-state index is -0.257. The van der Waals surface area contributed by atoms with Crippen molar-refractivity contribution in [2.24, 2.45) is 0 Å². The van der Waals surface area contributed by atoms with Crippen LogP contribution in [-0.4, -0.2) is 52.9 Å². The number of anilines is 1. The lowest BCUT2D eigenvalue weighted by Crippen LogP contribution is -2.49. The summed E-state index contributed by atoms with van der Waals surface area (Å²) in [6.45, 7) is 2.95. The van der Waals surface area contributed by atoms with Crippen molar-refractivity contribution in [3.8, 4) is 0 Å². The molecule has 1 fully saturated rings. The number of thioether (sulfide) groups is 1. The van der Waals surface area contributed by atoms with Gasteiger partial charge in [-0.15, -0.1) is 16.9 Å². The summed E-state index contributed by atoms with van der Waals surface area (Å²) in [6, 6.07) is 8.44. The van der Waals surface area contributed by atoms with E-state index in [0.717, 1.165) is 42.3 Å². The molecule has 1 amide bonds. The molecule has 1 aliphatic carbocycles. The number of hydrogen-bond acceptors (Lipinski definition) is 5. The molecule has 5 nitrogen and oxygen atoms in total. The number of halogens is 1. The predicted octanol–water partition coefficient (Wildman–Crippen LogP) is 2.94. The molecule has 2 heterocycles. The van der Waals surface area contributed by atoms with Crippen LogP contribution in [0.15, 0.2) is 35.2 Å². The summed E-state index contributed by atoms with van der Waals surface area (Å²) >= 11 is 1.45. The van der Waals surface area contributed by atoms with Gasteiger partial charge in [0.2, 0.25) is 5.91 Å². The van der Waals surface area contributed by atoms with E-state index in [2.05, 4.69) is 21.2 Å². The van der Waals surface area contributed by atoms with Crippen molar-refractivity contribution in [2.45, 2.75) is 30.6 Å². The van der Waals surface area contributed by atoms with Gasteiger partial charge in [0.05, 0.1) is 11.4 Å². The second-order valence-electron chi connectivity index (χ2n) is 6.99. The molecular formula is C20H23FN4OS. The number of aromatic nitrogens is 2. The molecule has 2 aliphatic rings. The average Bonchev–Trinajstić information content (AvgIpc) is 2.73. The van der Waals surface area contributed by atoms with E-state index in [4.69, 9.17) is 0 Å². The van der Waals surface area contributed by atoms with Crippen molar-refractivity contribution in [3.63, 3.8) is 0 Å². The van der Waals surface area contributed by atoms with Crippen LogP contribution >= 0.6 is 11.8 Å². The van der Waals surface area contributed by atoms with Gasteiger partial charge in [0.1, 0.15) is 5.82 Å². The highest BCUT2D eigenvalue weighted by Crippen LogP contribution is 2.23. The minimum Gasteiger partial charge on any atom is -0.352 e. The van der Waals surface area contributed by atoms with Crippen LogP contribution in [0.5, 0.6) is 0 Å². The maximum absolute atomic E-state index is 12.9. The zero-order valence-corrected chi connectivity index (χ0v) is 16.1. The van der Waals surface area contributed by atoms with Crippen molar-refractivity contribution < 1.29 is 9.18 Å².